The van der Waals surface area contributed by atoms with Crippen LogP contribution in [0.25, 0.3) is 0 Å². The molecular weight excluding hydrogens is 206 g/mol. The van der Waals surface area contributed by atoms with Crippen LogP contribution in [0.3, 0.4) is 0 Å². The molecule has 1 rings (SSSR count). The van der Waals surface area contributed by atoms with Gasteiger partial charge in [0.15, 0.2) is 0 Å². The van der Waals surface area contributed by atoms with Crippen LogP contribution in [0.2, 0.25) is 0 Å². The van der Waals surface area contributed by atoms with E-state index in [1.807, 2.05) is 0 Å². The van der Waals surface area contributed by atoms with Crippen LogP contribution in [-0.4, -0.2) is 0 Å². The van der Waals surface area contributed by atoms with Gasteiger partial charge >= 0.3 is 0 Å². The molecule has 0 N–H and O–H groups in total. The molecule has 0 aromatic carbocycles. The van der Waals surface area contributed by atoms with Gasteiger partial charge in [-0.05, 0) is 33.4 Å². The SMILES string of the molecule is CCCCCCCCc1cc[pH]c1[P]. The molecular formula is C12H20P2. The van der Waals surface area contributed by atoms with E-state index in [1.54, 1.807) is 0 Å². The fourth-order valence-electron chi connectivity index (χ4n) is 1.69. The maximum absolute atomic E-state index is 4.48. The lowest BCUT2D eigenvalue weighted by atomic mass is 10.1. The van der Waals surface area contributed by atoms with Crippen LogP contribution in [-0.2, 0) is 6.42 Å². The Labute approximate surface area is 92.2 Å². The van der Waals surface area contributed by atoms with Crippen molar-refractivity contribution >= 4 is 22.5 Å². The van der Waals surface area contributed by atoms with Gasteiger partial charge in [0.05, 0.1) is 0 Å². The van der Waals surface area contributed by atoms with E-state index < -0.39 is 0 Å². The van der Waals surface area contributed by atoms with Crippen LogP contribution < -0.4 is 5.04 Å². The zero-order valence-electron chi connectivity index (χ0n) is 9.05. The predicted molar refractivity (Wildman–Crippen MR) is 69.6 cm³/mol. The van der Waals surface area contributed by atoms with Crippen molar-refractivity contribution in [1.29, 1.82) is 0 Å². The van der Waals surface area contributed by atoms with Crippen molar-refractivity contribution in [3.8, 4) is 0 Å². The molecule has 1 heterocycles. The molecule has 0 bridgehead atoms. The van der Waals surface area contributed by atoms with Gasteiger partial charge in [-0.1, -0.05) is 45.1 Å². The molecule has 0 aliphatic heterocycles. The largest absolute Gasteiger partial charge is 0.131 e. The van der Waals surface area contributed by atoms with E-state index in [9.17, 15) is 0 Å². The molecule has 0 fully saturated rings. The van der Waals surface area contributed by atoms with Crippen LogP contribution in [0.15, 0.2) is 11.9 Å². The molecule has 0 aliphatic carbocycles. The summed E-state index contributed by atoms with van der Waals surface area (Å²) in [4.78, 5) is 0. The monoisotopic (exact) mass is 226 g/mol. The van der Waals surface area contributed by atoms with Crippen LogP contribution in [0, 0.1) is 0 Å². The fraction of sp³-hybridized carbons (Fsp3) is 0.667. The second-order valence-electron chi connectivity index (χ2n) is 3.87. The Bertz CT molecular complexity index is 240. The minimum absolute atomic E-state index is 0.838. The Balaban J connectivity index is 2.02. The van der Waals surface area contributed by atoms with Crippen LogP contribution in [0.4, 0.5) is 0 Å². The topological polar surface area (TPSA) is 0 Å². The van der Waals surface area contributed by atoms with Gasteiger partial charge in [0.2, 0.25) is 0 Å². The first kappa shape index (κ1) is 12.3. The predicted octanol–water partition coefficient (Wildman–Crippen LogP) is 4.66. The summed E-state index contributed by atoms with van der Waals surface area (Å²) in [5.41, 5.74) is 1.49. The normalized spacial score (nSPS) is 11.3. The molecule has 0 spiro atoms. The van der Waals surface area contributed by atoms with Gasteiger partial charge in [-0.3, -0.25) is 0 Å². The highest BCUT2D eigenvalue weighted by Crippen LogP contribution is 2.15. The number of hydrogen-bond donors (Lipinski definition) is 0. The van der Waals surface area contributed by atoms with Crippen molar-refractivity contribution in [3.05, 3.63) is 17.4 Å². The van der Waals surface area contributed by atoms with Crippen LogP contribution in [0.5, 0.6) is 0 Å². The standard InChI is InChI=1S/C12H20P2/c1-2-3-4-5-6-7-8-11-9-10-14-12(11)13/h9-10,14H,2-8H2,1H3. The third kappa shape index (κ3) is 4.63. The first-order valence-corrected chi connectivity index (χ1v) is 7.22. The summed E-state index contributed by atoms with van der Waals surface area (Å²) in [7, 11) is 5.31. The van der Waals surface area contributed by atoms with Crippen LogP contribution in [0.1, 0.15) is 51.0 Å². The summed E-state index contributed by atoms with van der Waals surface area (Å²) in [6.45, 7) is 2.27. The molecule has 1 unspecified atom stereocenters. The van der Waals surface area contributed by atoms with Gasteiger partial charge in [0.1, 0.15) is 0 Å². The fourth-order valence-corrected chi connectivity index (χ4v) is 2.94. The highest BCUT2D eigenvalue weighted by Gasteiger charge is 1.98. The molecule has 0 aliphatic rings. The van der Waals surface area contributed by atoms with Crippen molar-refractivity contribution in [2.75, 3.05) is 0 Å². The second kappa shape index (κ2) is 7.49. The van der Waals surface area contributed by atoms with Crippen LogP contribution >= 0.6 is 17.4 Å². The first-order valence-electron chi connectivity index (χ1n) is 5.69. The smallest absolute Gasteiger partial charge is 0.00548 e. The van der Waals surface area contributed by atoms with Gasteiger partial charge in [0.25, 0.3) is 0 Å². The van der Waals surface area contributed by atoms with Gasteiger partial charge < -0.3 is 0 Å². The molecule has 0 saturated carbocycles. The quantitative estimate of drug-likeness (QED) is 0.468. The average Bonchev–Trinajstić information content (AvgIpc) is 2.58. The lowest BCUT2D eigenvalue weighted by molar-refractivity contribution is 0.608. The van der Waals surface area contributed by atoms with E-state index in [1.165, 1.54) is 55.5 Å². The van der Waals surface area contributed by atoms with E-state index >= 15 is 0 Å². The van der Waals surface area contributed by atoms with Crippen molar-refractivity contribution in [2.45, 2.75) is 51.9 Å². The molecule has 2 heteroatoms. The Morgan fingerprint density at radius 1 is 1.14 bits per heavy atom. The summed E-state index contributed by atoms with van der Waals surface area (Å²) in [6.07, 6.45) is 9.56. The molecule has 1 aromatic rings. The molecule has 78 valence electrons. The molecule has 0 nitrogen and oxygen atoms in total. The minimum atomic E-state index is 0.838. The number of rotatable bonds is 7. The summed E-state index contributed by atoms with van der Waals surface area (Å²) in [6, 6.07) is 2.26. The van der Waals surface area contributed by atoms with Crippen molar-refractivity contribution in [3.63, 3.8) is 0 Å². The summed E-state index contributed by atoms with van der Waals surface area (Å²) >= 11 is 0. The highest BCUT2D eigenvalue weighted by atomic mass is 31.1. The third-order valence-corrected chi connectivity index (χ3v) is 4.21. The third-order valence-electron chi connectivity index (χ3n) is 2.61. The lowest BCUT2D eigenvalue weighted by Crippen LogP contribution is -1.93. The van der Waals surface area contributed by atoms with Gasteiger partial charge in [-0.25, -0.2) is 0 Å². The second-order valence-corrected chi connectivity index (χ2v) is 5.86. The summed E-state index contributed by atoms with van der Waals surface area (Å²) in [5.74, 6) is 2.24. The maximum Gasteiger partial charge on any atom is 0.00548 e. The lowest BCUT2D eigenvalue weighted by Gasteiger charge is -2.00. The first-order chi connectivity index (χ1) is 6.84. The summed E-state index contributed by atoms with van der Waals surface area (Å²) < 4.78 is 0. The Morgan fingerprint density at radius 2 is 1.86 bits per heavy atom. The number of aryl methyl sites for hydroxylation is 1. The van der Waals surface area contributed by atoms with Crippen molar-refractivity contribution in [2.24, 2.45) is 0 Å². The number of hydrogen-bond acceptors (Lipinski definition) is 0. The van der Waals surface area contributed by atoms with E-state index in [4.69, 9.17) is 0 Å². The van der Waals surface area contributed by atoms with Crippen molar-refractivity contribution < 1.29 is 0 Å². The van der Waals surface area contributed by atoms with E-state index in [0.717, 1.165) is 8.19 Å². The molecule has 2 radical (unpaired) electrons. The van der Waals surface area contributed by atoms with Gasteiger partial charge in [-0.15, -0.1) is 8.19 Å². The zero-order chi connectivity index (χ0) is 10.2. The van der Waals surface area contributed by atoms with E-state index in [0.29, 0.717) is 0 Å². The highest BCUT2D eigenvalue weighted by molar-refractivity contribution is 7.51. The van der Waals surface area contributed by atoms with Gasteiger partial charge in [-0.2, -0.15) is 0 Å². The Morgan fingerprint density at radius 3 is 2.50 bits per heavy atom. The van der Waals surface area contributed by atoms with Crippen molar-refractivity contribution in [1.82, 2.24) is 0 Å². The molecule has 0 amide bonds. The molecule has 14 heavy (non-hydrogen) atoms. The molecule has 0 saturated heterocycles. The summed E-state index contributed by atoms with van der Waals surface area (Å²) in [5, 5.41) is 1.32. The minimum Gasteiger partial charge on any atom is -0.131 e. The van der Waals surface area contributed by atoms with E-state index in [2.05, 4.69) is 28.0 Å². The Kier molecular flexibility index (Phi) is 6.57. The average molecular weight is 226 g/mol. The molecule has 1 aromatic heterocycles. The maximum atomic E-state index is 4.48. The van der Waals surface area contributed by atoms with E-state index in [-0.39, 0.29) is 0 Å². The van der Waals surface area contributed by atoms with Gasteiger partial charge in [0, 0.05) is 5.04 Å². The molecule has 1 atom stereocenters. The Hall–Kier alpha value is 0.210. The zero-order valence-corrected chi connectivity index (χ0v) is 10.9. The number of unbranched alkanes of at least 4 members (excludes halogenated alkanes) is 5.